The first kappa shape index (κ1) is 33.2. The predicted molar refractivity (Wildman–Crippen MR) is 185 cm³/mol. The van der Waals surface area contributed by atoms with E-state index < -0.39 is 24.3 Å². The molecule has 4 aliphatic rings. The normalized spacial score (nSPS) is 26.2. The molecule has 0 unspecified atom stereocenters. The fourth-order valence-corrected chi connectivity index (χ4v) is 8.90. The number of amides is 1. The van der Waals surface area contributed by atoms with E-state index in [1.807, 2.05) is 61.5 Å². The van der Waals surface area contributed by atoms with Crippen molar-refractivity contribution in [1.82, 2.24) is 5.32 Å². The van der Waals surface area contributed by atoms with Gasteiger partial charge < -0.3 is 19.4 Å². The van der Waals surface area contributed by atoms with Gasteiger partial charge in [-0.15, -0.1) is 0 Å². The monoisotopic (exact) mass is 630 g/mol. The molecule has 244 valence electrons. The minimum absolute atomic E-state index is 0.0512. The fourth-order valence-electron chi connectivity index (χ4n) is 8.90. The Morgan fingerprint density at radius 2 is 1.51 bits per heavy atom. The maximum Gasteiger partial charge on any atom is 0.482 e. The van der Waals surface area contributed by atoms with Crippen LogP contribution in [0.4, 0.5) is 0 Å². The van der Waals surface area contributed by atoms with E-state index in [0.29, 0.717) is 11.8 Å². The van der Waals surface area contributed by atoms with Gasteiger partial charge in [0.25, 0.3) is 0 Å². The van der Waals surface area contributed by atoms with Gasteiger partial charge in [0.05, 0.1) is 30.3 Å². The molecule has 7 rings (SSSR count). The summed E-state index contributed by atoms with van der Waals surface area (Å²) in [5, 5.41) is 13.4. The van der Waals surface area contributed by atoms with Gasteiger partial charge in [0.15, 0.2) is 0 Å². The maximum atomic E-state index is 12.8. The first-order valence-electron chi connectivity index (χ1n) is 17.0. The van der Waals surface area contributed by atoms with Crippen LogP contribution in [0.1, 0.15) is 70.6 Å². The minimum atomic E-state index is -0.937. The molecule has 1 N–H and O–H groups in total. The average molecular weight is 631 g/mol. The number of benzene rings is 3. The van der Waals surface area contributed by atoms with Crippen molar-refractivity contribution in [1.29, 1.82) is 5.26 Å². The molecule has 4 fully saturated rings. The number of carbonyl (C=O) groups is 1. The second-order valence-corrected chi connectivity index (χ2v) is 14.6. The van der Waals surface area contributed by atoms with E-state index >= 15 is 0 Å². The zero-order chi connectivity index (χ0) is 33.4. The van der Waals surface area contributed by atoms with Crippen LogP contribution in [0, 0.1) is 40.4 Å². The molecular weight excluding hydrogens is 583 g/mol. The third kappa shape index (κ3) is 5.86. The number of carbonyl (C=O) groups excluding carboxylic acids is 1. The second kappa shape index (κ2) is 13.1. The second-order valence-electron chi connectivity index (χ2n) is 14.6. The summed E-state index contributed by atoms with van der Waals surface area (Å²) in [4.78, 5) is 12.8. The molecule has 0 radical (unpaired) electrons. The first-order chi connectivity index (χ1) is 22.5. The van der Waals surface area contributed by atoms with Crippen molar-refractivity contribution in [3.05, 3.63) is 120 Å². The van der Waals surface area contributed by atoms with Gasteiger partial charge in [-0.05, 0) is 66.5 Å². The highest BCUT2D eigenvalue weighted by Gasteiger charge is 2.69. The molecular formula is C40H47BN2O4. The van der Waals surface area contributed by atoms with Crippen LogP contribution in [0.5, 0.6) is 0 Å². The summed E-state index contributed by atoms with van der Waals surface area (Å²) in [6.45, 7) is 15.0. The molecule has 3 saturated carbocycles. The average Bonchev–Trinajstić information content (AvgIpc) is 3.43. The van der Waals surface area contributed by atoms with E-state index in [1.54, 1.807) is 0 Å². The third-order valence-corrected chi connectivity index (χ3v) is 11.6. The number of nitriles is 1. The molecule has 3 aliphatic carbocycles. The molecule has 1 heterocycles. The molecule has 1 amide bonds. The Balaban J connectivity index is 1.38. The molecule has 7 atom stereocenters. The van der Waals surface area contributed by atoms with E-state index in [9.17, 15) is 10.1 Å². The van der Waals surface area contributed by atoms with Crippen LogP contribution in [-0.2, 0) is 24.4 Å². The van der Waals surface area contributed by atoms with Crippen LogP contribution in [0.25, 0.3) is 0 Å². The molecule has 3 aromatic carbocycles. The quantitative estimate of drug-likeness (QED) is 0.127. The van der Waals surface area contributed by atoms with Gasteiger partial charge in [-0.25, -0.2) is 0 Å². The molecule has 7 heteroatoms. The van der Waals surface area contributed by atoms with Crippen molar-refractivity contribution in [2.75, 3.05) is 6.61 Å². The Kier molecular flexibility index (Phi) is 9.24. The number of hydrogen-bond acceptors (Lipinski definition) is 5. The maximum absolute atomic E-state index is 12.8. The number of nitrogens with zero attached hydrogens (tertiary/aromatic N) is 1. The highest BCUT2D eigenvalue weighted by Crippen LogP contribution is 2.66. The molecule has 47 heavy (non-hydrogen) atoms. The van der Waals surface area contributed by atoms with Crippen molar-refractivity contribution in [2.24, 2.45) is 29.1 Å². The first-order valence-corrected chi connectivity index (χ1v) is 17.0. The Morgan fingerprint density at radius 3 is 1.96 bits per heavy atom. The predicted octanol–water partition coefficient (Wildman–Crippen LogP) is 7.49. The van der Waals surface area contributed by atoms with E-state index in [0.717, 1.165) is 35.1 Å². The summed E-state index contributed by atoms with van der Waals surface area (Å²) in [6.07, 6.45) is 2.19. The van der Waals surface area contributed by atoms with Crippen molar-refractivity contribution in [3.63, 3.8) is 0 Å². The standard InChI is InChI=1S/C40H47BN2O4/c1-27(2)34(26-45-40(29-16-10-7-11-17-29,30-18-12-8-13-19-30)31-20-14-9-15-21-31)33(22-23-42)37(43-28(3)44)41-46-36-25-32-24-35(38(32,4)5)39(36,6)47-41/h7-21,32-37H,1,22,24-26H2,2-6H3,(H,43,44)/t32-,33-,34+,35-,36+,37-,39-/m0/s1. The molecule has 6 nitrogen and oxygen atoms in total. The van der Waals surface area contributed by atoms with Crippen molar-refractivity contribution < 1.29 is 18.8 Å². The van der Waals surface area contributed by atoms with Crippen LogP contribution < -0.4 is 5.32 Å². The SMILES string of the molecule is C=C(C)[C@@H](COC(c1ccccc1)(c1ccccc1)c1ccccc1)[C@H](CC#N)[C@H](NC(C)=O)B1O[C@@H]2C[C@@H]3C[C@@H](C3(C)C)[C@]2(C)O1. The third-order valence-electron chi connectivity index (χ3n) is 11.6. The Morgan fingerprint density at radius 1 is 0.979 bits per heavy atom. The van der Waals surface area contributed by atoms with Crippen LogP contribution >= 0.6 is 0 Å². The van der Waals surface area contributed by atoms with E-state index in [4.69, 9.17) is 14.0 Å². The summed E-state index contributed by atoms with van der Waals surface area (Å²) in [6, 6.07) is 33.2. The summed E-state index contributed by atoms with van der Waals surface area (Å²) in [5.41, 5.74) is 2.65. The van der Waals surface area contributed by atoms with E-state index in [2.05, 4.69) is 75.1 Å². The molecule has 1 aliphatic heterocycles. The highest BCUT2D eigenvalue weighted by atomic mass is 16.7. The van der Waals surface area contributed by atoms with Gasteiger partial charge in [0.1, 0.15) is 5.60 Å². The molecule has 2 bridgehead atoms. The van der Waals surface area contributed by atoms with Crippen LogP contribution in [0.15, 0.2) is 103 Å². The lowest BCUT2D eigenvalue weighted by atomic mass is 9.43. The number of rotatable bonds is 12. The summed E-state index contributed by atoms with van der Waals surface area (Å²) in [7, 11) is -0.689. The number of nitrogens with one attached hydrogen (secondary N) is 1. The van der Waals surface area contributed by atoms with Crippen molar-refractivity contribution >= 4 is 13.0 Å². The Labute approximate surface area is 280 Å². The zero-order valence-electron chi connectivity index (χ0n) is 28.3. The fraction of sp³-hybridized carbons (Fsp3) is 0.450. The Hall–Kier alpha value is -3.70. The lowest BCUT2D eigenvalue weighted by molar-refractivity contribution is -0.199. The van der Waals surface area contributed by atoms with Crippen LogP contribution in [0.3, 0.4) is 0 Å². The van der Waals surface area contributed by atoms with Crippen LogP contribution in [0.2, 0.25) is 0 Å². The van der Waals surface area contributed by atoms with Gasteiger partial charge in [-0.2, -0.15) is 5.26 Å². The smallest absolute Gasteiger partial charge is 0.404 e. The van der Waals surface area contributed by atoms with E-state index in [-0.39, 0.29) is 42.3 Å². The lowest BCUT2D eigenvalue weighted by Crippen LogP contribution is -2.65. The van der Waals surface area contributed by atoms with Gasteiger partial charge in [0.2, 0.25) is 5.91 Å². The Bertz CT molecular complexity index is 1510. The molecule has 1 saturated heterocycles. The van der Waals surface area contributed by atoms with Gasteiger partial charge in [-0.3, -0.25) is 4.79 Å². The lowest BCUT2D eigenvalue weighted by Gasteiger charge is -2.64. The van der Waals surface area contributed by atoms with Gasteiger partial charge >= 0.3 is 7.12 Å². The minimum Gasteiger partial charge on any atom is -0.404 e. The zero-order valence-corrected chi connectivity index (χ0v) is 28.3. The number of ether oxygens (including phenoxy) is 1. The van der Waals surface area contributed by atoms with Crippen LogP contribution in [-0.4, -0.2) is 37.3 Å². The molecule has 0 aromatic heterocycles. The molecule has 3 aromatic rings. The summed E-state index contributed by atoms with van der Waals surface area (Å²) >= 11 is 0. The van der Waals surface area contributed by atoms with Crippen molar-refractivity contribution in [3.8, 4) is 6.07 Å². The topological polar surface area (TPSA) is 80.6 Å². The summed E-state index contributed by atoms with van der Waals surface area (Å²) in [5.74, 6) is -0.462. The molecule has 0 spiro atoms. The number of hydrogen-bond donors (Lipinski definition) is 1. The van der Waals surface area contributed by atoms with Crippen molar-refractivity contribution in [2.45, 2.75) is 77.1 Å². The highest BCUT2D eigenvalue weighted by molar-refractivity contribution is 6.48. The largest absolute Gasteiger partial charge is 0.482 e. The van der Waals surface area contributed by atoms with Gasteiger partial charge in [0, 0.05) is 19.3 Å². The summed E-state index contributed by atoms with van der Waals surface area (Å²) < 4.78 is 20.9. The van der Waals surface area contributed by atoms with Gasteiger partial charge in [-0.1, -0.05) is 117 Å². The van der Waals surface area contributed by atoms with E-state index in [1.165, 1.54) is 6.92 Å².